The van der Waals surface area contributed by atoms with Crippen LogP contribution in [0.2, 0.25) is 0 Å². The third-order valence-corrected chi connectivity index (χ3v) is 8.87. The van der Waals surface area contributed by atoms with Crippen molar-refractivity contribution in [2.45, 2.75) is 24.5 Å². The largest absolute Gasteiger partial charge is 0.510 e. The van der Waals surface area contributed by atoms with Crippen LogP contribution < -0.4 is 10.6 Å². The minimum Gasteiger partial charge on any atom is -0.510 e. The number of phenols is 1. The van der Waals surface area contributed by atoms with Gasteiger partial charge in [-0.05, 0) is 55.9 Å². The highest BCUT2D eigenvalue weighted by atomic mass is 32.1. The number of fused-ring (bicyclic) bond motifs is 3. The second-order valence-corrected chi connectivity index (χ2v) is 11.4. The second-order valence-electron chi connectivity index (χ2n) is 10.5. The lowest BCUT2D eigenvalue weighted by molar-refractivity contribution is -0.148. The highest BCUT2D eigenvalue weighted by Crippen LogP contribution is 2.54. The molecule has 38 heavy (non-hydrogen) atoms. The van der Waals surface area contributed by atoms with Gasteiger partial charge in [0.15, 0.2) is 11.4 Å². The molecule has 200 valence electrons. The number of allylic oxidation sites excluding steroid dienone is 1. The lowest BCUT2D eigenvalue weighted by atomic mass is 9.58. The average molecular weight is 540 g/mol. The van der Waals surface area contributed by atoms with Gasteiger partial charge < -0.3 is 31.1 Å². The van der Waals surface area contributed by atoms with Crippen LogP contribution in [0.15, 0.2) is 46.2 Å². The van der Waals surface area contributed by atoms with E-state index in [1.54, 1.807) is 14.1 Å². The molecule has 0 radical (unpaired) electrons. The summed E-state index contributed by atoms with van der Waals surface area (Å²) in [6, 6.07) is 4.44. The van der Waals surface area contributed by atoms with Gasteiger partial charge in [0.25, 0.3) is 5.91 Å². The van der Waals surface area contributed by atoms with Gasteiger partial charge in [0, 0.05) is 41.7 Å². The summed E-state index contributed by atoms with van der Waals surface area (Å²) >= 11 is 1.39. The molecule has 4 atom stereocenters. The summed E-state index contributed by atoms with van der Waals surface area (Å²) in [4.78, 5) is 43.7. The van der Waals surface area contributed by atoms with Gasteiger partial charge in [0.1, 0.15) is 22.8 Å². The van der Waals surface area contributed by atoms with Crippen LogP contribution in [-0.4, -0.2) is 82.6 Å². The lowest BCUT2D eigenvalue weighted by Crippen LogP contribution is -2.63. The van der Waals surface area contributed by atoms with Crippen molar-refractivity contribution < 1.29 is 34.8 Å². The lowest BCUT2D eigenvalue weighted by Gasteiger charge is -2.50. The molecule has 0 saturated carbocycles. The molecule has 1 heterocycles. The Morgan fingerprint density at radius 2 is 1.84 bits per heavy atom. The number of carbonyl (C=O) groups is 3. The van der Waals surface area contributed by atoms with Gasteiger partial charge in [0.05, 0.1) is 11.6 Å². The van der Waals surface area contributed by atoms with E-state index in [1.165, 1.54) is 16.2 Å². The molecular formula is C27H29N3O7S. The SMILES string of the molecule is CN(C)c1cc(-c2cccs2)c(O)c2c1C[C@H]1C[C@H]3[C@H](N(C)C)C(O)=C(C(N)=O)C(=O)[C@@]3(O)C(O)=C1C2=O. The van der Waals surface area contributed by atoms with E-state index in [9.17, 15) is 34.8 Å². The smallest absolute Gasteiger partial charge is 0.255 e. The predicted octanol–water partition coefficient (Wildman–Crippen LogP) is 1.92. The number of benzene rings is 1. The van der Waals surface area contributed by atoms with Gasteiger partial charge in [-0.1, -0.05) is 6.07 Å². The number of carbonyl (C=O) groups excluding carboxylic acids is 3. The Labute approximate surface area is 222 Å². The number of hydrogen-bond donors (Lipinski definition) is 5. The number of anilines is 1. The highest BCUT2D eigenvalue weighted by molar-refractivity contribution is 7.13. The molecule has 0 unspecified atom stereocenters. The van der Waals surface area contributed by atoms with Crippen molar-refractivity contribution in [1.29, 1.82) is 0 Å². The maximum atomic E-state index is 14.0. The molecule has 3 aliphatic carbocycles. The zero-order valence-electron chi connectivity index (χ0n) is 21.3. The number of rotatable bonds is 4. The first-order valence-electron chi connectivity index (χ1n) is 12.1. The molecule has 10 nitrogen and oxygen atoms in total. The van der Waals surface area contributed by atoms with E-state index in [1.807, 2.05) is 42.6 Å². The standard InChI is InChI=1S/C27H29N3O7S/c1-29(2)15-10-13(16-6-5-7-38-16)21(31)18-12(15)8-11-9-14-20(30(3)4)23(33)19(26(28)36)25(35)27(14,37)24(34)17(11)22(18)32/h5-7,10-11,14,20,31,33-34,37H,8-9H2,1-4H3,(H2,28,36)/t11-,14-,20-,27-/m0/s1. The Morgan fingerprint density at radius 1 is 1.16 bits per heavy atom. The van der Waals surface area contributed by atoms with Gasteiger partial charge in [-0.25, -0.2) is 0 Å². The van der Waals surface area contributed by atoms with Gasteiger partial charge in [-0.15, -0.1) is 11.3 Å². The number of nitrogens with two attached hydrogens (primary N) is 1. The molecule has 1 aromatic heterocycles. The summed E-state index contributed by atoms with van der Waals surface area (Å²) in [7, 11) is 6.85. The summed E-state index contributed by atoms with van der Waals surface area (Å²) in [5.41, 5.74) is 3.49. The quantitative estimate of drug-likeness (QED) is 0.365. The molecule has 2 aromatic rings. The number of hydrogen-bond acceptors (Lipinski definition) is 10. The normalized spacial score (nSPS) is 26.8. The van der Waals surface area contributed by atoms with Crippen molar-refractivity contribution in [3.05, 3.63) is 57.4 Å². The van der Waals surface area contributed by atoms with Crippen LogP contribution in [0.25, 0.3) is 10.4 Å². The maximum absolute atomic E-state index is 14.0. The Hall–Kier alpha value is -3.67. The number of thiophene rings is 1. The number of aliphatic hydroxyl groups is 3. The first-order valence-corrected chi connectivity index (χ1v) is 12.9. The molecule has 0 spiro atoms. The molecule has 3 aliphatic rings. The number of phenolic OH excluding ortho intramolecular Hbond substituents is 1. The van der Waals surface area contributed by atoms with E-state index in [-0.39, 0.29) is 29.7 Å². The van der Waals surface area contributed by atoms with Crippen LogP contribution >= 0.6 is 11.3 Å². The van der Waals surface area contributed by atoms with Crippen molar-refractivity contribution in [2.75, 3.05) is 33.1 Å². The number of aromatic hydroxyl groups is 1. The van der Waals surface area contributed by atoms with E-state index in [0.717, 1.165) is 10.6 Å². The summed E-state index contributed by atoms with van der Waals surface area (Å²) < 4.78 is 0. The summed E-state index contributed by atoms with van der Waals surface area (Å²) in [6.07, 6.45) is 0.284. The van der Waals surface area contributed by atoms with Crippen LogP contribution in [0.3, 0.4) is 0 Å². The molecule has 0 bridgehead atoms. The van der Waals surface area contributed by atoms with Crippen LogP contribution in [0.4, 0.5) is 5.69 Å². The maximum Gasteiger partial charge on any atom is 0.255 e. The summed E-state index contributed by atoms with van der Waals surface area (Å²) in [5, 5.41) is 47.2. The van der Waals surface area contributed by atoms with Crippen LogP contribution in [0.1, 0.15) is 22.3 Å². The average Bonchev–Trinajstić information content (AvgIpc) is 3.35. The summed E-state index contributed by atoms with van der Waals surface area (Å²) in [6.45, 7) is 0. The third kappa shape index (κ3) is 3.35. The Balaban J connectivity index is 1.76. The number of Topliss-reactive ketones (excluding diaryl/α,β-unsaturated/α-hetero) is 2. The van der Waals surface area contributed by atoms with E-state index in [2.05, 4.69) is 0 Å². The van der Waals surface area contributed by atoms with Crippen LogP contribution in [0, 0.1) is 11.8 Å². The molecule has 6 N–H and O–H groups in total. The van der Waals surface area contributed by atoms with Crippen LogP contribution in [-0.2, 0) is 16.0 Å². The minimum absolute atomic E-state index is 0.000354. The molecule has 11 heteroatoms. The Kier molecular flexibility index (Phi) is 5.93. The van der Waals surface area contributed by atoms with Crippen molar-refractivity contribution >= 4 is 34.5 Å². The predicted molar refractivity (Wildman–Crippen MR) is 141 cm³/mol. The fourth-order valence-electron chi connectivity index (χ4n) is 6.32. The molecule has 0 saturated heterocycles. The molecular weight excluding hydrogens is 510 g/mol. The highest BCUT2D eigenvalue weighted by Gasteiger charge is 2.63. The number of primary amides is 1. The number of amides is 1. The number of aliphatic hydroxyl groups excluding tert-OH is 2. The number of ketones is 2. The first-order chi connectivity index (χ1) is 17.8. The third-order valence-electron chi connectivity index (χ3n) is 7.97. The summed E-state index contributed by atoms with van der Waals surface area (Å²) in [5.74, 6) is -6.59. The van der Waals surface area contributed by atoms with Gasteiger partial charge in [-0.2, -0.15) is 0 Å². The molecule has 1 amide bonds. The molecule has 0 fully saturated rings. The number of likely N-dealkylation sites (N-methyl/N-ethyl adjacent to an activating group) is 1. The van der Waals surface area contributed by atoms with Gasteiger partial charge in [0.2, 0.25) is 5.78 Å². The van der Waals surface area contributed by atoms with Gasteiger partial charge in [-0.3, -0.25) is 19.3 Å². The number of nitrogens with zero attached hydrogens (tertiary/aromatic N) is 2. The first kappa shape index (κ1) is 26.0. The van der Waals surface area contributed by atoms with E-state index in [0.29, 0.717) is 11.1 Å². The van der Waals surface area contributed by atoms with Crippen molar-refractivity contribution in [3.8, 4) is 16.2 Å². The Bertz CT molecular complexity index is 1460. The van der Waals surface area contributed by atoms with Crippen molar-refractivity contribution in [1.82, 2.24) is 4.90 Å². The monoisotopic (exact) mass is 539 g/mol. The van der Waals surface area contributed by atoms with E-state index < -0.39 is 58.0 Å². The molecule has 0 aliphatic heterocycles. The van der Waals surface area contributed by atoms with Crippen molar-refractivity contribution in [3.63, 3.8) is 0 Å². The zero-order valence-corrected chi connectivity index (χ0v) is 22.2. The van der Waals surface area contributed by atoms with Gasteiger partial charge >= 0.3 is 0 Å². The Morgan fingerprint density at radius 3 is 2.39 bits per heavy atom. The molecule has 5 rings (SSSR count). The fraction of sp³-hybridized carbons (Fsp3) is 0.370. The minimum atomic E-state index is -2.66. The topological polar surface area (TPSA) is 165 Å². The van der Waals surface area contributed by atoms with E-state index >= 15 is 0 Å². The second kappa shape index (κ2) is 8.69. The van der Waals surface area contributed by atoms with Crippen LogP contribution in [0.5, 0.6) is 5.75 Å². The molecule has 1 aromatic carbocycles. The van der Waals surface area contributed by atoms with Crippen molar-refractivity contribution in [2.24, 2.45) is 17.6 Å². The fourth-order valence-corrected chi connectivity index (χ4v) is 7.06. The zero-order chi connectivity index (χ0) is 27.8. The van der Waals surface area contributed by atoms with E-state index in [4.69, 9.17) is 5.73 Å².